The lowest BCUT2D eigenvalue weighted by atomic mass is 9.92. The van der Waals surface area contributed by atoms with Crippen molar-refractivity contribution in [3.05, 3.63) is 141 Å². The van der Waals surface area contributed by atoms with Gasteiger partial charge in [-0.25, -0.2) is 0 Å². The second-order valence-electron chi connectivity index (χ2n) is 10.9. The van der Waals surface area contributed by atoms with Gasteiger partial charge in [-0.15, -0.1) is 0 Å². The van der Waals surface area contributed by atoms with Gasteiger partial charge in [-0.05, 0) is 113 Å². The van der Waals surface area contributed by atoms with Crippen LogP contribution < -0.4 is 10.4 Å². The van der Waals surface area contributed by atoms with Gasteiger partial charge in [-0.2, -0.15) is 0 Å². The fourth-order valence-electron chi connectivity index (χ4n) is 5.94. The zero-order valence-corrected chi connectivity index (χ0v) is 25.1. The van der Waals surface area contributed by atoms with Crippen molar-refractivity contribution in [1.82, 2.24) is 4.98 Å². The van der Waals surface area contributed by atoms with Crippen LogP contribution in [0.25, 0.3) is 33.4 Å². The normalized spacial score (nSPS) is 17.3. The Kier molecular flexibility index (Phi) is 8.21. The monoisotopic (exact) mass is 551 g/mol. The summed E-state index contributed by atoms with van der Waals surface area (Å²) in [6.45, 7) is 6.71. The summed E-state index contributed by atoms with van der Waals surface area (Å²) in [6, 6.07) is 20.4. The Labute approximate surface area is 248 Å². The molecule has 2 aliphatic carbocycles. The number of benzene rings is 3. The van der Waals surface area contributed by atoms with Crippen molar-refractivity contribution in [2.75, 3.05) is 0 Å². The number of aromatic nitrogens is 1. The lowest BCUT2D eigenvalue weighted by Crippen LogP contribution is -2.29. The minimum absolute atomic E-state index is 1.02. The van der Waals surface area contributed by atoms with E-state index >= 15 is 0 Å². The van der Waals surface area contributed by atoms with Crippen molar-refractivity contribution in [2.24, 2.45) is 0 Å². The number of allylic oxidation sites excluding steroid dienone is 5. The average molecular weight is 552 g/mol. The molecular weight excluding hydrogens is 515 g/mol. The summed E-state index contributed by atoms with van der Waals surface area (Å²) in [5, 5.41) is 5.05. The standard InChI is InChI=1S/C39H37NS/c1-4-5-16-32-28(3)24-38(35-19-12-11-18-34(32)35)41-39-27(2)13-7-6-8-17-33(37-26-40-23-22-36(37)39)31-21-20-29-14-9-10-15-30(29)25-31/h5,8-9,11-14,16-26H,4,6-7,10,15H2,1-3H3/b16-5-,17-8+,27-13?,37-33+,39-36?. The summed E-state index contributed by atoms with van der Waals surface area (Å²) in [4.78, 5) is 7.24. The van der Waals surface area contributed by atoms with E-state index < -0.39 is 0 Å². The van der Waals surface area contributed by atoms with Crippen LogP contribution in [0.15, 0.2) is 108 Å². The molecular formula is C39H37NS. The predicted octanol–water partition coefficient (Wildman–Crippen LogP) is 9.32. The number of hydrogen-bond donors (Lipinski definition) is 0. The molecule has 1 nitrogen and oxygen atoms in total. The molecule has 4 aromatic rings. The van der Waals surface area contributed by atoms with Gasteiger partial charge in [0, 0.05) is 27.4 Å². The van der Waals surface area contributed by atoms with Gasteiger partial charge in [-0.1, -0.05) is 104 Å². The molecule has 1 heterocycles. The third-order valence-corrected chi connectivity index (χ3v) is 9.41. The molecule has 41 heavy (non-hydrogen) atoms. The van der Waals surface area contributed by atoms with E-state index in [9.17, 15) is 0 Å². The summed E-state index contributed by atoms with van der Waals surface area (Å²) in [5.41, 5.74) is 9.25. The highest BCUT2D eigenvalue weighted by atomic mass is 32.2. The van der Waals surface area contributed by atoms with E-state index in [0.717, 1.165) is 32.1 Å². The van der Waals surface area contributed by atoms with Crippen LogP contribution in [0.4, 0.5) is 0 Å². The van der Waals surface area contributed by atoms with Gasteiger partial charge >= 0.3 is 0 Å². The Bertz CT molecular complexity index is 1870. The van der Waals surface area contributed by atoms with Crippen LogP contribution >= 0.6 is 11.8 Å². The molecule has 0 saturated heterocycles. The molecule has 2 heteroatoms. The summed E-state index contributed by atoms with van der Waals surface area (Å²) in [7, 11) is 0. The minimum Gasteiger partial charge on any atom is -0.264 e. The molecule has 0 bridgehead atoms. The van der Waals surface area contributed by atoms with E-state index in [-0.39, 0.29) is 0 Å². The van der Waals surface area contributed by atoms with Crippen LogP contribution in [0.3, 0.4) is 0 Å². The largest absolute Gasteiger partial charge is 0.264 e. The predicted molar refractivity (Wildman–Crippen MR) is 179 cm³/mol. The topological polar surface area (TPSA) is 12.9 Å². The van der Waals surface area contributed by atoms with Gasteiger partial charge in [0.1, 0.15) is 0 Å². The maximum atomic E-state index is 4.64. The Balaban J connectivity index is 1.62. The van der Waals surface area contributed by atoms with Crippen molar-refractivity contribution in [1.29, 1.82) is 0 Å². The lowest BCUT2D eigenvalue weighted by molar-refractivity contribution is 0.984. The van der Waals surface area contributed by atoms with Gasteiger partial charge in [0.25, 0.3) is 0 Å². The zero-order valence-electron chi connectivity index (χ0n) is 24.3. The van der Waals surface area contributed by atoms with Crippen LogP contribution in [-0.2, 0) is 6.42 Å². The van der Waals surface area contributed by atoms with Crippen molar-refractivity contribution in [3.63, 3.8) is 0 Å². The van der Waals surface area contributed by atoms with Crippen molar-refractivity contribution >= 4 is 45.2 Å². The SMILES string of the molecule is CC/C=C\c1c(C)cc(SC2=c3ccnc/c3=C(c3ccc4c(c3)CCC=C4)/C=C/CCC=C2C)c2ccccc12. The molecule has 0 spiro atoms. The van der Waals surface area contributed by atoms with Crippen molar-refractivity contribution in [2.45, 2.75) is 57.8 Å². The van der Waals surface area contributed by atoms with Crippen LogP contribution in [0.5, 0.6) is 0 Å². The quantitative estimate of drug-likeness (QED) is 0.245. The molecule has 3 aromatic carbocycles. The van der Waals surface area contributed by atoms with Crippen molar-refractivity contribution < 1.29 is 0 Å². The highest BCUT2D eigenvalue weighted by Gasteiger charge is 2.15. The molecule has 0 unspecified atom stereocenters. The Morgan fingerprint density at radius 3 is 2.61 bits per heavy atom. The number of fused-ring (bicyclic) bond motifs is 3. The number of nitrogens with zero attached hydrogens (tertiary/aromatic N) is 1. The maximum absolute atomic E-state index is 4.64. The first-order chi connectivity index (χ1) is 20.1. The fraction of sp³-hybridized carbons (Fsp3) is 0.205. The number of rotatable bonds is 5. The molecule has 0 saturated carbocycles. The first kappa shape index (κ1) is 27.3. The van der Waals surface area contributed by atoms with Crippen LogP contribution in [-0.4, -0.2) is 4.98 Å². The zero-order chi connectivity index (χ0) is 28.2. The molecule has 0 fully saturated rings. The lowest BCUT2D eigenvalue weighted by Gasteiger charge is -2.16. The summed E-state index contributed by atoms with van der Waals surface area (Å²) < 4.78 is 0. The van der Waals surface area contributed by atoms with E-state index in [0.29, 0.717) is 0 Å². The second-order valence-corrected chi connectivity index (χ2v) is 12.0. The van der Waals surface area contributed by atoms with Gasteiger partial charge < -0.3 is 0 Å². The molecule has 0 radical (unpaired) electrons. The fourth-order valence-corrected chi connectivity index (χ4v) is 7.21. The Morgan fingerprint density at radius 2 is 1.73 bits per heavy atom. The van der Waals surface area contributed by atoms with E-state index in [2.05, 4.69) is 129 Å². The minimum atomic E-state index is 1.02. The summed E-state index contributed by atoms with van der Waals surface area (Å²) in [6.07, 6.45) is 25.4. The Hall–Kier alpha value is -3.88. The van der Waals surface area contributed by atoms with E-state index in [1.165, 1.54) is 70.0 Å². The highest BCUT2D eigenvalue weighted by molar-refractivity contribution is 8.08. The summed E-state index contributed by atoms with van der Waals surface area (Å²) >= 11 is 1.90. The molecule has 1 aromatic heterocycles. The van der Waals surface area contributed by atoms with E-state index in [4.69, 9.17) is 0 Å². The average Bonchev–Trinajstić information content (AvgIpc) is 3.01. The van der Waals surface area contributed by atoms with Gasteiger partial charge in [0.05, 0.1) is 0 Å². The molecule has 204 valence electrons. The number of pyridine rings is 1. The van der Waals surface area contributed by atoms with Gasteiger partial charge in [-0.3, -0.25) is 4.98 Å². The van der Waals surface area contributed by atoms with Crippen LogP contribution in [0.1, 0.15) is 67.3 Å². The first-order valence-corrected chi connectivity index (χ1v) is 15.6. The van der Waals surface area contributed by atoms with Crippen molar-refractivity contribution in [3.8, 4) is 0 Å². The molecule has 0 amide bonds. The molecule has 0 N–H and O–H groups in total. The smallest absolute Gasteiger partial charge is 0.0353 e. The van der Waals surface area contributed by atoms with Gasteiger partial charge in [0.2, 0.25) is 0 Å². The van der Waals surface area contributed by atoms with Crippen LogP contribution in [0, 0.1) is 6.92 Å². The first-order valence-electron chi connectivity index (χ1n) is 14.8. The number of thioether (sulfide) groups is 1. The third-order valence-electron chi connectivity index (χ3n) is 8.10. The maximum Gasteiger partial charge on any atom is 0.0353 e. The third kappa shape index (κ3) is 5.67. The van der Waals surface area contributed by atoms with Gasteiger partial charge in [0.15, 0.2) is 0 Å². The molecule has 0 aliphatic heterocycles. The summed E-state index contributed by atoms with van der Waals surface area (Å²) in [5.74, 6) is 0. The van der Waals surface area contributed by atoms with E-state index in [1.807, 2.05) is 18.0 Å². The highest BCUT2D eigenvalue weighted by Crippen LogP contribution is 2.39. The van der Waals surface area contributed by atoms with Crippen LogP contribution in [0.2, 0.25) is 0 Å². The molecule has 0 atom stereocenters. The van der Waals surface area contributed by atoms with E-state index in [1.54, 1.807) is 0 Å². The number of aryl methyl sites for hydroxylation is 2. The Morgan fingerprint density at radius 1 is 0.878 bits per heavy atom. The molecule has 2 aliphatic rings. The molecule has 6 rings (SSSR count). The second kappa shape index (κ2) is 12.3. The number of hydrogen-bond acceptors (Lipinski definition) is 2.